The minimum atomic E-state index is -0.209. The fraction of sp³-hybridized carbons (Fsp3) is 0.276. The van der Waals surface area contributed by atoms with Gasteiger partial charge >= 0.3 is 5.69 Å². The first-order chi connectivity index (χ1) is 18.4. The van der Waals surface area contributed by atoms with E-state index in [0.29, 0.717) is 42.1 Å². The number of hydrogen-bond donors (Lipinski definition) is 1. The number of ether oxygens (including phenoxy) is 1. The molecule has 38 heavy (non-hydrogen) atoms. The highest BCUT2D eigenvalue weighted by atomic mass is 16.5. The summed E-state index contributed by atoms with van der Waals surface area (Å²) in [5.41, 5.74) is 8.02. The number of imidazole rings is 1. The van der Waals surface area contributed by atoms with Gasteiger partial charge in [-0.15, -0.1) is 0 Å². The summed E-state index contributed by atoms with van der Waals surface area (Å²) in [6.07, 6.45) is 6.70. The van der Waals surface area contributed by atoms with E-state index in [4.69, 9.17) is 10.5 Å². The van der Waals surface area contributed by atoms with Gasteiger partial charge in [-0.25, -0.2) is 9.78 Å². The van der Waals surface area contributed by atoms with Crippen molar-refractivity contribution in [3.05, 3.63) is 89.5 Å². The number of carbonyl (C=O) groups excluding carboxylic acids is 1. The molecule has 0 aliphatic carbocycles. The van der Waals surface area contributed by atoms with Gasteiger partial charge in [-0.2, -0.15) is 0 Å². The number of para-hydroxylation sites is 1. The van der Waals surface area contributed by atoms with E-state index in [2.05, 4.69) is 4.98 Å². The van der Waals surface area contributed by atoms with Gasteiger partial charge < -0.3 is 20.3 Å². The Morgan fingerprint density at radius 2 is 1.84 bits per heavy atom. The molecule has 1 aliphatic rings. The molecular formula is C29H32N6O3. The maximum atomic E-state index is 13.9. The average molecular weight is 513 g/mol. The molecule has 196 valence electrons. The summed E-state index contributed by atoms with van der Waals surface area (Å²) < 4.78 is 9.28. The van der Waals surface area contributed by atoms with Gasteiger partial charge in [0, 0.05) is 31.9 Å². The first kappa shape index (κ1) is 25.3. The smallest absolute Gasteiger partial charge is 0.334 e. The molecule has 0 saturated carbocycles. The van der Waals surface area contributed by atoms with E-state index in [1.807, 2.05) is 90.6 Å². The minimum Gasteiger partial charge on any atom is -0.457 e. The summed E-state index contributed by atoms with van der Waals surface area (Å²) in [4.78, 5) is 34.8. The summed E-state index contributed by atoms with van der Waals surface area (Å²) in [5, 5.41) is 0. The quantitative estimate of drug-likeness (QED) is 0.378. The number of benzene rings is 2. The van der Waals surface area contributed by atoms with Crippen LogP contribution in [0.3, 0.4) is 0 Å². The van der Waals surface area contributed by atoms with Crippen molar-refractivity contribution in [2.75, 3.05) is 39.5 Å². The second-order valence-electron chi connectivity index (χ2n) is 9.71. The van der Waals surface area contributed by atoms with Crippen molar-refractivity contribution >= 4 is 22.8 Å². The first-order valence-electron chi connectivity index (χ1n) is 12.7. The second kappa shape index (κ2) is 10.9. The van der Waals surface area contributed by atoms with E-state index < -0.39 is 0 Å². The van der Waals surface area contributed by atoms with Crippen molar-refractivity contribution in [1.29, 1.82) is 0 Å². The van der Waals surface area contributed by atoms with E-state index in [9.17, 15) is 9.59 Å². The van der Waals surface area contributed by atoms with Crippen LogP contribution in [0.15, 0.2) is 83.8 Å². The van der Waals surface area contributed by atoms with Gasteiger partial charge in [0.1, 0.15) is 22.8 Å². The molecule has 9 heteroatoms. The number of likely N-dealkylation sites (tertiary alicyclic amines) is 1. The lowest BCUT2D eigenvalue weighted by atomic mass is 10.1. The Balaban J connectivity index is 1.47. The van der Waals surface area contributed by atoms with Crippen molar-refractivity contribution in [1.82, 2.24) is 23.9 Å². The summed E-state index contributed by atoms with van der Waals surface area (Å²) in [5.74, 6) is 1.63. The highest BCUT2D eigenvalue weighted by Gasteiger charge is 2.28. The molecule has 2 aromatic heterocycles. The largest absolute Gasteiger partial charge is 0.457 e. The molecule has 1 aliphatic heterocycles. The number of amides is 1. The Bertz CT molecular complexity index is 1510. The van der Waals surface area contributed by atoms with Crippen LogP contribution >= 0.6 is 0 Å². The number of likely N-dealkylation sites (N-methyl/N-ethyl adjacent to an activating group) is 1. The Hall–Kier alpha value is -4.37. The number of fused-ring (bicyclic) bond motifs is 1. The van der Waals surface area contributed by atoms with Crippen LogP contribution in [-0.2, 0) is 4.79 Å². The van der Waals surface area contributed by atoms with E-state index >= 15 is 0 Å². The van der Waals surface area contributed by atoms with Crippen LogP contribution in [0.25, 0.3) is 16.7 Å². The van der Waals surface area contributed by atoms with Gasteiger partial charge in [0.25, 0.3) is 0 Å². The number of pyridine rings is 1. The van der Waals surface area contributed by atoms with Gasteiger partial charge in [-0.05, 0) is 69.4 Å². The second-order valence-corrected chi connectivity index (χ2v) is 9.71. The Morgan fingerprint density at radius 1 is 1.11 bits per heavy atom. The molecular weight excluding hydrogens is 480 g/mol. The molecule has 2 N–H and O–H groups in total. The molecule has 3 heterocycles. The molecule has 4 aromatic rings. The summed E-state index contributed by atoms with van der Waals surface area (Å²) in [6.45, 7) is 1.81. The third kappa shape index (κ3) is 5.19. The van der Waals surface area contributed by atoms with Gasteiger partial charge in [0.05, 0.1) is 17.2 Å². The van der Waals surface area contributed by atoms with Gasteiger partial charge in [-0.3, -0.25) is 13.9 Å². The molecule has 9 nitrogen and oxygen atoms in total. The first-order valence-corrected chi connectivity index (χ1v) is 12.7. The zero-order chi connectivity index (χ0) is 26.6. The third-order valence-electron chi connectivity index (χ3n) is 6.69. The maximum absolute atomic E-state index is 13.9. The van der Waals surface area contributed by atoms with E-state index in [-0.39, 0.29) is 23.5 Å². The summed E-state index contributed by atoms with van der Waals surface area (Å²) in [7, 11) is 3.91. The highest BCUT2D eigenvalue weighted by Crippen LogP contribution is 2.29. The minimum absolute atomic E-state index is 0.0384. The number of aromatic nitrogens is 3. The third-order valence-corrected chi connectivity index (χ3v) is 6.69. The number of carbonyl (C=O) groups is 1. The number of hydrogen-bond acceptors (Lipinski definition) is 6. The molecule has 0 unspecified atom stereocenters. The number of piperidine rings is 1. The summed E-state index contributed by atoms with van der Waals surface area (Å²) >= 11 is 0. The molecule has 2 aromatic carbocycles. The molecule has 0 radical (unpaired) electrons. The topological polar surface area (TPSA) is 98.6 Å². The Labute approximate surface area is 221 Å². The fourth-order valence-corrected chi connectivity index (χ4v) is 4.91. The molecule has 1 atom stereocenters. The van der Waals surface area contributed by atoms with Gasteiger partial charge in [-0.1, -0.05) is 24.3 Å². The van der Waals surface area contributed by atoms with Gasteiger partial charge in [0.2, 0.25) is 5.91 Å². The van der Waals surface area contributed by atoms with Crippen LogP contribution in [0.4, 0.5) is 5.82 Å². The Morgan fingerprint density at radius 3 is 2.58 bits per heavy atom. The molecule has 5 rings (SSSR count). The fourth-order valence-electron chi connectivity index (χ4n) is 4.91. The monoisotopic (exact) mass is 512 g/mol. The SMILES string of the molecule is CN(C)C/C=C/C(=O)N1CCC[C@@H](n2c(=O)n(-c3ccc(Oc4ccccc4)cc3)c3c(N)nccc32)C1. The van der Waals surface area contributed by atoms with E-state index in [0.717, 1.165) is 18.6 Å². The molecule has 0 spiro atoms. The van der Waals surface area contributed by atoms with Crippen LogP contribution < -0.4 is 16.2 Å². The number of nitrogen functional groups attached to an aromatic ring is 1. The van der Waals surface area contributed by atoms with Crippen molar-refractivity contribution in [2.45, 2.75) is 18.9 Å². The van der Waals surface area contributed by atoms with Crippen LogP contribution in [0.2, 0.25) is 0 Å². The van der Waals surface area contributed by atoms with Crippen molar-refractivity contribution < 1.29 is 9.53 Å². The van der Waals surface area contributed by atoms with Crippen LogP contribution in [0.1, 0.15) is 18.9 Å². The number of rotatable bonds is 7. The molecule has 0 bridgehead atoms. The van der Waals surface area contributed by atoms with Crippen molar-refractivity contribution in [3.63, 3.8) is 0 Å². The van der Waals surface area contributed by atoms with Crippen molar-refractivity contribution in [3.8, 4) is 17.2 Å². The lowest BCUT2D eigenvalue weighted by molar-refractivity contribution is -0.127. The predicted molar refractivity (Wildman–Crippen MR) is 149 cm³/mol. The zero-order valence-electron chi connectivity index (χ0n) is 21.7. The number of nitrogens with zero attached hydrogens (tertiary/aromatic N) is 5. The number of nitrogens with two attached hydrogens (primary N) is 1. The van der Waals surface area contributed by atoms with Crippen LogP contribution in [0.5, 0.6) is 11.5 Å². The lowest BCUT2D eigenvalue weighted by Crippen LogP contribution is -2.42. The van der Waals surface area contributed by atoms with E-state index in [1.54, 1.807) is 21.4 Å². The molecule has 1 saturated heterocycles. The normalized spacial score (nSPS) is 16.0. The van der Waals surface area contributed by atoms with E-state index in [1.165, 1.54) is 0 Å². The zero-order valence-corrected chi connectivity index (χ0v) is 21.7. The maximum Gasteiger partial charge on any atom is 0.334 e. The molecule has 1 amide bonds. The van der Waals surface area contributed by atoms with Gasteiger partial charge in [0.15, 0.2) is 0 Å². The van der Waals surface area contributed by atoms with Crippen LogP contribution in [0, 0.1) is 0 Å². The summed E-state index contributed by atoms with van der Waals surface area (Å²) in [6, 6.07) is 18.5. The lowest BCUT2D eigenvalue weighted by Gasteiger charge is -2.32. The average Bonchev–Trinajstić information content (AvgIpc) is 3.22. The van der Waals surface area contributed by atoms with Crippen molar-refractivity contribution in [2.24, 2.45) is 0 Å². The van der Waals surface area contributed by atoms with Crippen LogP contribution in [-0.4, -0.2) is 63.6 Å². The highest BCUT2D eigenvalue weighted by molar-refractivity contribution is 5.88. The molecule has 1 fully saturated rings. The predicted octanol–water partition coefficient (Wildman–Crippen LogP) is 3.84. The standard InChI is InChI=1S/C29H32N6O3/c1-32(2)18-7-11-26(36)33-19-6-8-22(20-33)34-25-16-17-31-28(30)27(25)35(29(34)37)21-12-14-24(15-13-21)38-23-9-4-3-5-10-23/h3-5,7,9-17,22H,6,8,18-20H2,1-2H3,(H2,30,31)/b11-7+/t22-/m1/s1. The Kier molecular flexibility index (Phi) is 7.28. The number of anilines is 1.